The van der Waals surface area contributed by atoms with Crippen LogP contribution in [0.15, 0.2) is 54.7 Å². The average molecular weight is 467 g/mol. The molecule has 0 unspecified atom stereocenters. The summed E-state index contributed by atoms with van der Waals surface area (Å²) in [7, 11) is 1.24. The van der Waals surface area contributed by atoms with E-state index in [2.05, 4.69) is 10.3 Å². The predicted molar refractivity (Wildman–Crippen MR) is 106 cm³/mol. The Labute approximate surface area is 183 Å². The van der Waals surface area contributed by atoms with Crippen LogP contribution in [0, 0.1) is 11.6 Å². The van der Waals surface area contributed by atoms with Gasteiger partial charge in [0.1, 0.15) is 5.82 Å². The predicted octanol–water partition coefficient (Wildman–Crippen LogP) is 5.54. The Morgan fingerprint density at radius 3 is 2.30 bits per heavy atom. The summed E-state index contributed by atoms with van der Waals surface area (Å²) in [5.74, 6) is -3.51. The fourth-order valence-electron chi connectivity index (χ4n) is 2.59. The number of carbonyl (C=O) groups is 2. The lowest BCUT2D eigenvalue weighted by Crippen LogP contribution is -2.23. The number of halogens is 5. The van der Waals surface area contributed by atoms with Crippen molar-refractivity contribution in [1.82, 2.24) is 4.98 Å². The largest absolute Gasteiger partial charge is 0.465 e. The molecule has 0 saturated carbocycles. The quantitative estimate of drug-likeness (QED) is 0.481. The average Bonchev–Trinajstić information content (AvgIpc) is 2.75. The second-order valence-electron chi connectivity index (χ2n) is 6.59. The van der Waals surface area contributed by atoms with E-state index in [-0.39, 0.29) is 29.1 Å². The molecule has 1 aromatic heterocycles. The second-order valence-corrected chi connectivity index (χ2v) is 6.59. The minimum atomic E-state index is -4.75. The smallest absolute Gasteiger partial charge is 0.416 e. The molecular weight excluding hydrogens is 453 g/mol. The van der Waals surface area contributed by atoms with Crippen LogP contribution in [-0.4, -0.2) is 29.1 Å². The molecule has 3 rings (SSSR count). The molecule has 1 heterocycles. The van der Waals surface area contributed by atoms with Crippen LogP contribution >= 0.6 is 0 Å². The van der Waals surface area contributed by atoms with Crippen LogP contribution in [0.2, 0.25) is 0 Å². The number of pyridine rings is 1. The van der Waals surface area contributed by atoms with Gasteiger partial charge in [-0.3, -0.25) is 9.69 Å². The highest BCUT2D eigenvalue weighted by Gasteiger charge is 2.31. The molecule has 7 nitrogen and oxygen atoms in total. The number of aromatic nitrogens is 1. The first kappa shape index (κ1) is 23.4. The van der Waals surface area contributed by atoms with Crippen molar-refractivity contribution in [2.75, 3.05) is 17.3 Å². The van der Waals surface area contributed by atoms with Gasteiger partial charge in [-0.05, 0) is 36.4 Å². The van der Waals surface area contributed by atoms with E-state index in [9.17, 15) is 31.5 Å². The van der Waals surface area contributed by atoms with Gasteiger partial charge in [-0.25, -0.2) is 18.6 Å². The molecule has 2 aromatic carbocycles. The summed E-state index contributed by atoms with van der Waals surface area (Å²) in [6.07, 6.45) is -4.92. The van der Waals surface area contributed by atoms with Crippen LogP contribution in [0.25, 0.3) is 0 Å². The summed E-state index contributed by atoms with van der Waals surface area (Å²) in [4.78, 5) is 27.8. The van der Waals surface area contributed by atoms with E-state index in [0.29, 0.717) is 12.1 Å². The highest BCUT2D eigenvalue weighted by atomic mass is 19.4. The third-order valence-electron chi connectivity index (χ3n) is 4.34. The molecule has 0 aliphatic rings. The van der Waals surface area contributed by atoms with E-state index in [1.54, 1.807) is 0 Å². The molecular formula is C21H14F5N3O4. The Morgan fingerprint density at radius 1 is 1.03 bits per heavy atom. The maximum atomic E-state index is 14.2. The summed E-state index contributed by atoms with van der Waals surface area (Å²) in [5, 5.41) is 11.2. The number of amides is 2. The van der Waals surface area contributed by atoms with Gasteiger partial charge in [-0.15, -0.1) is 0 Å². The van der Waals surface area contributed by atoms with Gasteiger partial charge >= 0.3 is 12.3 Å². The summed E-state index contributed by atoms with van der Waals surface area (Å²) in [6.45, 7) is 0. The van der Waals surface area contributed by atoms with Crippen LogP contribution in [0.4, 0.5) is 38.1 Å². The van der Waals surface area contributed by atoms with Crippen molar-refractivity contribution >= 4 is 23.4 Å². The molecule has 2 N–H and O–H groups in total. The van der Waals surface area contributed by atoms with Crippen LogP contribution in [0.1, 0.15) is 15.9 Å². The van der Waals surface area contributed by atoms with Crippen LogP contribution < -0.4 is 15.0 Å². The first-order valence-corrected chi connectivity index (χ1v) is 9.04. The van der Waals surface area contributed by atoms with E-state index < -0.39 is 40.9 Å². The van der Waals surface area contributed by atoms with Gasteiger partial charge in [0.25, 0.3) is 5.91 Å². The molecule has 2 amide bonds. The van der Waals surface area contributed by atoms with E-state index in [1.165, 1.54) is 31.3 Å². The van der Waals surface area contributed by atoms with Crippen LogP contribution in [0.3, 0.4) is 0 Å². The number of rotatable bonds is 5. The fourth-order valence-corrected chi connectivity index (χ4v) is 2.59. The van der Waals surface area contributed by atoms with Crippen LogP contribution in [-0.2, 0) is 6.18 Å². The number of alkyl halides is 3. The summed E-state index contributed by atoms with van der Waals surface area (Å²) in [5.41, 5.74) is -1.68. The van der Waals surface area contributed by atoms with E-state index in [1.807, 2.05) is 0 Å². The van der Waals surface area contributed by atoms with E-state index in [4.69, 9.17) is 9.84 Å². The van der Waals surface area contributed by atoms with Gasteiger partial charge in [0, 0.05) is 24.9 Å². The SMILES string of the molecule is CN(C(=O)O)c1ccc(Oc2ccc(NC(=O)c3ccc(C(F)(F)F)cc3F)cn2)c(F)c1. The Hall–Kier alpha value is -4.22. The third kappa shape index (κ3) is 5.53. The number of nitrogens with zero attached hydrogens (tertiary/aromatic N) is 2. The molecule has 0 spiro atoms. The molecule has 0 radical (unpaired) electrons. The van der Waals surface area contributed by atoms with Gasteiger partial charge < -0.3 is 15.2 Å². The number of anilines is 2. The number of hydrogen-bond donors (Lipinski definition) is 2. The Balaban J connectivity index is 1.68. The van der Waals surface area contributed by atoms with Gasteiger partial charge in [0.15, 0.2) is 11.6 Å². The maximum Gasteiger partial charge on any atom is 0.416 e. The van der Waals surface area contributed by atoms with Crippen molar-refractivity contribution in [2.45, 2.75) is 6.18 Å². The summed E-state index contributed by atoms with van der Waals surface area (Å²) < 4.78 is 71.3. The standard InChI is InChI=1S/C21H14F5N3O4/c1-29(20(31)32)13-4-6-17(16(23)9-13)33-18-7-3-12(10-27-18)28-19(30)14-5-2-11(8-15(14)22)21(24,25)26/h2-10H,1H3,(H,28,30)(H,31,32). The van der Waals surface area contributed by atoms with Gasteiger partial charge in [-0.1, -0.05) is 0 Å². The zero-order valence-electron chi connectivity index (χ0n) is 16.7. The minimum Gasteiger partial charge on any atom is -0.465 e. The molecule has 0 aliphatic heterocycles. The van der Waals surface area contributed by atoms with Crippen molar-refractivity contribution in [3.63, 3.8) is 0 Å². The monoisotopic (exact) mass is 467 g/mol. The first-order valence-electron chi connectivity index (χ1n) is 9.04. The summed E-state index contributed by atoms with van der Waals surface area (Å²) >= 11 is 0. The molecule has 0 aliphatic carbocycles. The fraction of sp³-hybridized carbons (Fsp3) is 0.0952. The highest BCUT2D eigenvalue weighted by Crippen LogP contribution is 2.31. The zero-order chi connectivity index (χ0) is 24.3. The Kier molecular flexibility index (Phi) is 6.47. The molecule has 12 heteroatoms. The first-order chi connectivity index (χ1) is 15.5. The van der Waals surface area contributed by atoms with Gasteiger partial charge in [0.2, 0.25) is 5.88 Å². The van der Waals surface area contributed by atoms with Crippen molar-refractivity contribution in [3.8, 4) is 11.6 Å². The second kappa shape index (κ2) is 9.10. The molecule has 33 heavy (non-hydrogen) atoms. The lowest BCUT2D eigenvalue weighted by atomic mass is 10.1. The van der Waals surface area contributed by atoms with Crippen molar-refractivity contribution in [1.29, 1.82) is 0 Å². The number of hydrogen-bond acceptors (Lipinski definition) is 4. The number of carboxylic acid groups (broad SMARTS) is 1. The number of ether oxygens (including phenoxy) is 1. The Bertz CT molecular complexity index is 1200. The normalized spacial score (nSPS) is 11.1. The van der Waals surface area contributed by atoms with Crippen molar-refractivity contribution in [2.24, 2.45) is 0 Å². The molecule has 172 valence electrons. The summed E-state index contributed by atoms with van der Waals surface area (Å²) in [6, 6.07) is 7.55. The molecule has 0 bridgehead atoms. The van der Waals surface area contributed by atoms with Crippen LogP contribution in [0.5, 0.6) is 11.6 Å². The zero-order valence-corrected chi connectivity index (χ0v) is 16.7. The topological polar surface area (TPSA) is 91.8 Å². The van der Waals surface area contributed by atoms with Crippen molar-refractivity contribution in [3.05, 3.63) is 77.5 Å². The van der Waals surface area contributed by atoms with E-state index in [0.717, 1.165) is 17.2 Å². The molecule has 0 atom stereocenters. The number of carbonyl (C=O) groups excluding carboxylic acids is 1. The van der Waals surface area contributed by atoms with Gasteiger partial charge in [-0.2, -0.15) is 13.2 Å². The molecule has 0 fully saturated rings. The lowest BCUT2D eigenvalue weighted by molar-refractivity contribution is -0.137. The third-order valence-corrected chi connectivity index (χ3v) is 4.34. The van der Waals surface area contributed by atoms with E-state index >= 15 is 0 Å². The van der Waals surface area contributed by atoms with Gasteiger partial charge in [0.05, 0.1) is 23.0 Å². The molecule has 3 aromatic rings. The van der Waals surface area contributed by atoms with Crippen molar-refractivity contribution < 1.29 is 41.4 Å². The molecule has 0 saturated heterocycles. The highest BCUT2D eigenvalue weighted by molar-refractivity contribution is 6.04. The minimum absolute atomic E-state index is 0.0746. The maximum absolute atomic E-state index is 14.2. The lowest BCUT2D eigenvalue weighted by Gasteiger charge is -2.14. The Morgan fingerprint density at radius 2 is 1.76 bits per heavy atom. The number of benzene rings is 2. The number of nitrogens with one attached hydrogen (secondary N) is 1.